The molecule has 200 valence electrons. The molecule has 1 heterocycles. The lowest BCUT2D eigenvalue weighted by atomic mass is 10.1. The monoisotopic (exact) mass is 527 g/mol. The number of aliphatic carboxylic acids is 1. The normalized spacial score (nSPS) is 15.4. The minimum Gasteiger partial charge on any atom is -0.490 e. The van der Waals surface area contributed by atoms with E-state index < -0.39 is 18.4 Å². The number of carboxylic acid groups (broad SMARTS) is 2. The highest BCUT2D eigenvalue weighted by Crippen LogP contribution is 2.36. The van der Waals surface area contributed by atoms with Gasteiger partial charge in [0, 0.05) is 16.8 Å². The van der Waals surface area contributed by atoms with Gasteiger partial charge in [0.25, 0.3) is 0 Å². The largest absolute Gasteiger partial charge is 0.490 e. The maximum atomic E-state index is 12.4. The second kappa shape index (κ2) is 10.4. The van der Waals surface area contributed by atoms with Gasteiger partial charge in [-0.2, -0.15) is 0 Å². The fraction of sp³-hybridized carbons (Fsp3) is 0.290. The molecule has 0 bridgehead atoms. The Morgan fingerprint density at radius 3 is 1.90 bits per heavy atom. The third kappa shape index (κ3) is 5.41. The first kappa shape index (κ1) is 24.9. The standard InChI is InChI=1S/C31H29NO7/c33-29(34)18-28-30(31(35)36)26-17-25(39-24-13-11-23(12-14-24)38-22-9-10-22)15-16-27(26)32(28)19-5-7-21(8-6-19)37-20-3-1-2-4-20/h5-8,11-17,20,22H,1-4,9-10,18H2,(H,33,34)(H,35,36). The van der Waals surface area contributed by atoms with Crippen molar-refractivity contribution in [3.63, 3.8) is 0 Å². The third-order valence-electron chi connectivity index (χ3n) is 7.16. The van der Waals surface area contributed by atoms with Crippen molar-refractivity contribution in [2.45, 2.75) is 57.2 Å². The smallest absolute Gasteiger partial charge is 0.338 e. The van der Waals surface area contributed by atoms with Crippen LogP contribution >= 0.6 is 0 Å². The van der Waals surface area contributed by atoms with Crippen LogP contribution in [-0.2, 0) is 11.2 Å². The first-order valence-electron chi connectivity index (χ1n) is 13.3. The van der Waals surface area contributed by atoms with Gasteiger partial charge >= 0.3 is 11.9 Å². The van der Waals surface area contributed by atoms with Crippen molar-refractivity contribution in [1.82, 2.24) is 4.57 Å². The Bertz CT molecular complexity index is 1510. The highest BCUT2D eigenvalue weighted by atomic mass is 16.5. The van der Waals surface area contributed by atoms with Gasteiger partial charge in [0.15, 0.2) is 0 Å². The number of carbonyl (C=O) groups is 2. The Kier molecular flexibility index (Phi) is 6.60. The van der Waals surface area contributed by atoms with E-state index in [1.807, 2.05) is 36.4 Å². The average molecular weight is 528 g/mol. The van der Waals surface area contributed by atoms with E-state index in [2.05, 4.69) is 0 Å². The molecule has 0 saturated heterocycles. The summed E-state index contributed by atoms with van der Waals surface area (Å²) in [5.74, 6) is 0.230. The van der Waals surface area contributed by atoms with Gasteiger partial charge in [0.05, 0.1) is 29.7 Å². The number of aromatic carboxylic acids is 1. The Morgan fingerprint density at radius 2 is 1.31 bits per heavy atom. The Balaban J connectivity index is 1.35. The van der Waals surface area contributed by atoms with E-state index in [0.29, 0.717) is 34.2 Å². The van der Waals surface area contributed by atoms with Crippen LogP contribution in [0, 0.1) is 0 Å². The fourth-order valence-corrected chi connectivity index (χ4v) is 5.20. The van der Waals surface area contributed by atoms with E-state index in [1.165, 1.54) is 12.8 Å². The van der Waals surface area contributed by atoms with Crippen LogP contribution in [0.4, 0.5) is 0 Å². The van der Waals surface area contributed by atoms with Crippen LogP contribution in [0.25, 0.3) is 16.6 Å². The molecular weight excluding hydrogens is 498 g/mol. The van der Waals surface area contributed by atoms with Gasteiger partial charge in [-0.05, 0) is 105 Å². The first-order chi connectivity index (χ1) is 18.9. The zero-order valence-corrected chi connectivity index (χ0v) is 21.3. The van der Waals surface area contributed by atoms with Gasteiger partial charge in [0.2, 0.25) is 0 Å². The number of hydrogen-bond acceptors (Lipinski definition) is 5. The predicted octanol–water partition coefficient (Wildman–Crippen LogP) is 6.61. The molecule has 2 aliphatic rings. The SMILES string of the molecule is O=C(O)Cc1c(C(=O)O)c2cc(Oc3ccc(OC4CC4)cc3)ccc2n1-c1ccc(OC2CCCC2)cc1. The summed E-state index contributed by atoms with van der Waals surface area (Å²) in [4.78, 5) is 24.2. The second-order valence-electron chi connectivity index (χ2n) is 10.1. The van der Waals surface area contributed by atoms with Gasteiger partial charge in [-0.3, -0.25) is 4.79 Å². The molecule has 2 N–H and O–H groups in total. The van der Waals surface area contributed by atoms with Crippen LogP contribution in [0.15, 0.2) is 66.7 Å². The number of aromatic nitrogens is 1. The average Bonchev–Trinajstić information content (AvgIpc) is 3.47. The topological polar surface area (TPSA) is 107 Å². The molecule has 8 heteroatoms. The molecule has 0 radical (unpaired) electrons. The van der Waals surface area contributed by atoms with Crippen LogP contribution in [0.3, 0.4) is 0 Å². The minimum absolute atomic E-state index is 0.0580. The lowest BCUT2D eigenvalue weighted by Gasteiger charge is -2.15. The van der Waals surface area contributed by atoms with E-state index in [4.69, 9.17) is 14.2 Å². The molecule has 1 aromatic heterocycles. The molecule has 0 atom stereocenters. The molecule has 2 fully saturated rings. The first-order valence-corrected chi connectivity index (χ1v) is 13.3. The van der Waals surface area contributed by atoms with Crippen molar-refractivity contribution in [3.8, 4) is 28.7 Å². The van der Waals surface area contributed by atoms with Crippen LogP contribution in [0.5, 0.6) is 23.0 Å². The van der Waals surface area contributed by atoms with Crippen molar-refractivity contribution >= 4 is 22.8 Å². The fourth-order valence-electron chi connectivity index (χ4n) is 5.20. The summed E-state index contributed by atoms with van der Waals surface area (Å²) in [6.07, 6.45) is 6.63. The van der Waals surface area contributed by atoms with Gasteiger partial charge in [-0.15, -0.1) is 0 Å². The zero-order chi connectivity index (χ0) is 26.9. The molecule has 0 aliphatic heterocycles. The predicted molar refractivity (Wildman–Crippen MR) is 145 cm³/mol. The summed E-state index contributed by atoms with van der Waals surface area (Å²) in [7, 11) is 0. The molecule has 0 spiro atoms. The molecule has 2 aliphatic carbocycles. The van der Waals surface area contributed by atoms with Crippen LogP contribution in [0.2, 0.25) is 0 Å². The molecule has 4 aromatic rings. The number of ether oxygens (including phenoxy) is 3. The molecule has 6 rings (SSSR count). The Labute approximate surface area is 225 Å². The summed E-state index contributed by atoms with van der Waals surface area (Å²) in [6.45, 7) is 0. The number of nitrogens with zero attached hydrogens (tertiary/aromatic N) is 1. The lowest BCUT2D eigenvalue weighted by molar-refractivity contribution is -0.136. The minimum atomic E-state index is -1.20. The van der Waals surface area contributed by atoms with Gasteiger partial charge < -0.3 is 29.0 Å². The van der Waals surface area contributed by atoms with Crippen LogP contribution < -0.4 is 14.2 Å². The Morgan fingerprint density at radius 1 is 0.744 bits per heavy atom. The van der Waals surface area contributed by atoms with Crippen molar-refractivity contribution in [2.24, 2.45) is 0 Å². The number of carboxylic acids is 2. The van der Waals surface area contributed by atoms with Crippen molar-refractivity contribution in [2.75, 3.05) is 0 Å². The quantitative estimate of drug-likeness (QED) is 0.239. The highest BCUT2D eigenvalue weighted by Gasteiger charge is 2.26. The molecule has 3 aromatic carbocycles. The molecule has 8 nitrogen and oxygen atoms in total. The third-order valence-corrected chi connectivity index (χ3v) is 7.16. The van der Waals surface area contributed by atoms with Gasteiger partial charge in [-0.25, -0.2) is 4.79 Å². The second-order valence-corrected chi connectivity index (χ2v) is 10.1. The molecular formula is C31H29NO7. The van der Waals surface area contributed by atoms with E-state index in [0.717, 1.165) is 37.2 Å². The number of rotatable bonds is 10. The van der Waals surface area contributed by atoms with E-state index >= 15 is 0 Å². The van der Waals surface area contributed by atoms with E-state index in [9.17, 15) is 19.8 Å². The molecule has 2 saturated carbocycles. The number of hydrogen-bond donors (Lipinski definition) is 2. The maximum Gasteiger partial charge on any atom is 0.338 e. The number of benzene rings is 3. The zero-order valence-electron chi connectivity index (χ0n) is 21.3. The number of fused-ring (bicyclic) bond motifs is 1. The van der Waals surface area contributed by atoms with E-state index in [-0.39, 0.29) is 17.4 Å². The van der Waals surface area contributed by atoms with E-state index in [1.54, 1.807) is 34.9 Å². The summed E-state index contributed by atoms with van der Waals surface area (Å²) >= 11 is 0. The molecule has 0 unspecified atom stereocenters. The van der Waals surface area contributed by atoms with Crippen molar-refractivity contribution < 1.29 is 34.0 Å². The Hall–Kier alpha value is -4.46. The molecule has 39 heavy (non-hydrogen) atoms. The summed E-state index contributed by atoms with van der Waals surface area (Å²) < 4.78 is 19.6. The van der Waals surface area contributed by atoms with Gasteiger partial charge in [0.1, 0.15) is 23.0 Å². The summed E-state index contributed by atoms with van der Waals surface area (Å²) in [6, 6.07) is 19.8. The van der Waals surface area contributed by atoms with Crippen LogP contribution in [-0.4, -0.2) is 38.9 Å². The van der Waals surface area contributed by atoms with Crippen molar-refractivity contribution in [3.05, 3.63) is 78.0 Å². The summed E-state index contributed by atoms with van der Waals surface area (Å²) in [5.41, 5.74) is 1.36. The summed E-state index contributed by atoms with van der Waals surface area (Å²) in [5, 5.41) is 20.2. The maximum absolute atomic E-state index is 12.4. The lowest BCUT2D eigenvalue weighted by Crippen LogP contribution is -2.12. The van der Waals surface area contributed by atoms with Crippen molar-refractivity contribution in [1.29, 1.82) is 0 Å². The van der Waals surface area contributed by atoms with Gasteiger partial charge in [-0.1, -0.05) is 0 Å². The van der Waals surface area contributed by atoms with Crippen LogP contribution in [0.1, 0.15) is 54.6 Å². The molecule has 0 amide bonds. The highest BCUT2D eigenvalue weighted by molar-refractivity contribution is 6.07.